The first-order valence-corrected chi connectivity index (χ1v) is 7.04. The van der Waals surface area contributed by atoms with Crippen LogP contribution in [0.15, 0.2) is 24.3 Å². The molecule has 2 rings (SSSR count). The molecule has 0 radical (unpaired) electrons. The Morgan fingerprint density at radius 1 is 1.42 bits per heavy atom. The number of thiocarbonyl (C=S) groups is 1. The monoisotopic (exact) mass is 278 g/mol. The van der Waals surface area contributed by atoms with Crippen LogP contribution in [0.2, 0.25) is 0 Å². The van der Waals surface area contributed by atoms with Crippen LogP contribution >= 0.6 is 12.2 Å². The van der Waals surface area contributed by atoms with E-state index in [2.05, 4.69) is 18.0 Å². The van der Waals surface area contributed by atoms with Crippen molar-refractivity contribution in [2.45, 2.75) is 25.8 Å². The molecular formula is C15H22N2OS. The van der Waals surface area contributed by atoms with E-state index < -0.39 is 0 Å². The van der Waals surface area contributed by atoms with Gasteiger partial charge in [0.2, 0.25) is 0 Å². The molecule has 0 amide bonds. The summed E-state index contributed by atoms with van der Waals surface area (Å²) in [5.41, 5.74) is 7.24. The van der Waals surface area contributed by atoms with Gasteiger partial charge in [0.05, 0.1) is 12.1 Å². The largest absolute Gasteiger partial charge is 0.496 e. The summed E-state index contributed by atoms with van der Waals surface area (Å²) in [5, 5.41) is 0. The lowest BCUT2D eigenvalue weighted by Gasteiger charge is -2.24. The summed E-state index contributed by atoms with van der Waals surface area (Å²) in [7, 11) is 3.86. The van der Waals surface area contributed by atoms with Crippen molar-refractivity contribution in [1.82, 2.24) is 4.90 Å². The summed E-state index contributed by atoms with van der Waals surface area (Å²) >= 11 is 5.05. The molecule has 1 fully saturated rings. The normalized spacial score (nSPS) is 16.4. The van der Waals surface area contributed by atoms with E-state index in [0.717, 1.165) is 25.3 Å². The van der Waals surface area contributed by atoms with Crippen LogP contribution in [0.25, 0.3) is 0 Å². The van der Waals surface area contributed by atoms with Gasteiger partial charge in [0.25, 0.3) is 0 Å². The van der Waals surface area contributed by atoms with E-state index in [0.29, 0.717) is 10.4 Å². The lowest BCUT2D eigenvalue weighted by atomic mass is 10.0. The molecule has 0 aliphatic heterocycles. The number of rotatable bonds is 7. The molecule has 0 bridgehead atoms. The van der Waals surface area contributed by atoms with Gasteiger partial charge in [-0.15, -0.1) is 0 Å². The van der Waals surface area contributed by atoms with E-state index in [4.69, 9.17) is 22.7 Å². The second-order valence-electron chi connectivity index (χ2n) is 5.63. The lowest BCUT2D eigenvalue weighted by molar-refractivity contribution is 0.256. The van der Waals surface area contributed by atoms with E-state index in [1.807, 2.05) is 18.2 Å². The molecule has 0 atom stereocenters. The van der Waals surface area contributed by atoms with Gasteiger partial charge in [-0.25, -0.2) is 0 Å². The topological polar surface area (TPSA) is 38.5 Å². The molecule has 1 saturated carbocycles. The van der Waals surface area contributed by atoms with Gasteiger partial charge in [0.15, 0.2) is 0 Å². The standard InChI is InChI=1S/C15H22N2OS/c1-17(11-15(7-8-15)9-14(16)19)10-12-5-3-4-6-13(12)18-2/h3-6H,7-11H2,1-2H3,(H2,16,19). The van der Waals surface area contributed by atoms with Gasteiger partial charge in [0.1, 0.15) is 5.75 Å². The Balaban J connectivity index is 1.94. The van der Waals surface area contributed by atoms with Crippen LogP contribution < -0.4 is 10.5 Å². The number of hydrogen-bond acceptors (Lipinski definition) is 3. The molecule has 0 saturated heterocycles. The van der Waals surface area contributed by atoms with E-state index in [-0.39, 0.29) is 0 Å². The van der Waals surface area contributed by atoms with Crippen molar-refractivity contribution in [2.24, 2.45) is 11.1 Å². The van der Waals surface area contributed by atoms with Crippen molar-refractivity contribution >= 4 is 17.2 Å². The van der Waals surface area contributed by atoms with Crippen LogP contribution in [0.3, 0.4) is 0 Å². The molecule has 1 aliphatic carbocycles. The molecule has 0 spiro atoms. The van der Waals surface area contributed by atoms with E-state index >= 15 is 0 Å². The van der Waals surface area contributed by atoms with Crippen molar-refractivity contribution < 1.29 is 4.74 Å². The molecule has 1 aliphatic rings. The van der Waals surface area contributed by atoms with Crippen molar-refractivity contribution in [3.63, 3.8) is 0 Å². The smallest absolute Gasteiger partial charge is 0.123 e. The SMILES string of the molecule is COc1ccccc1CN(C)CC1(CC(N)=S)CC1. The minimum Gasteiger partial charge on any atom is -0.496 e. The summed E-state index contributed by atoms with van der Waals surface area (Å²) < 4.78 is 5.39. The van der Waals surface area contributed by atoms with Crippen LogP contribution in [-0.2, 0) is 6.54 Å². The van der Waals surface area contributed by atoms with Gasteiger partial charge in [-0.3, -0.25) is 0 Å². The first kappa shape index (κ1) is 14.3. The van der Waals surface area contributed by atoms with E-state index in [9.17, 15) is 0 Å². The maximum absolute atomic E-state index is 5.69. The third kappa shape index (κ3) is 3.91. The maximum atomic E-state index is 5.69. The van der Waals surface area contributed by atoms with Gasteiger partial charge in [-0.1, -0.05) is 30.4 Å². The second kappa shape index (κ2) is 5.88. The minimum atomic E-state index is 0.336. The average molecular weight is 278 g/mol. The van der Waals surface area contributed by atoms with Crippen molar-refractivity contribution in [2.75, 3.05) is 20.7 Å². The van der Waals surface area contributed by atoms with Gasteiger partial charge in [-0.2, -0.15) is 0 Å². The molecular weight excluding hydrogens is 256 g/mol. The average Bonchev–Trinajstić information content (AvgIpc) is 3.07. The summed E-state index contributed by atoms with van der Waals surface area (Å²) in [6.07, 6.45) is 3.35. The predicted molar refractivity (Wildman–Crippen MR) is 82.4 cm³/mol. The minimum absolute atomic E-state index is 0.336. The molecule has 19 heavy (non-hydrogen) atoms. The summed E-state index contributed by atoms with van der Waals surface area (Å²) in [6, 6.07) is 8.17. The number of para-hydroxylation sites is 1. The number of methoxy groups -OCH3 is 1. The zero-order valence-electron chi connectivity index (χ0n) is 11.7. The van der Waals surface area contributed by atoms with Crippen LogP contribution in [0.4, 0.5) is 0 Å². The Hall–Kier alpha value is -1.13. The third-order valence-corrected chi connectivity index (χ3v) is 3.89. The second-order valence-corrected chi connectivity index (χ2v) is 6.15. The van der Waals surface area contributed by atoms with Crippen LogP contribution in [0, 0.1) is 5.41 Å². The molecule has 0 heterocycles. The first-order valence-electron chi connectivity index (χ1n) is 6.63. The van der Waals surface area contributed by atoms with Gasteiger partial charge in [-0.05, 0) is 31.4 Å². The van der Waals surface area contributed by atoms with Crippen molar-refractivity contribution in [3.8, 4) is 5.75 Å². The Bertz CT molecular complexity index is 457. The van der Waals surface area contributed by atoms with Crippen LogP contribution in [0.5, 0.6) is 5.75 Å². The number of benzene rings is 1. The highest BCUT2D eigenvalue weighted by Crippen LogP contribution is 2.49. The molecule has 4 heteroatoms. The Morgan fingerprint density at radius 2 is 2.11 bits per heavy atom. The Morgan fingerprint density at radius 3 is 2.68 bits per heavy atom. The zero-order chi connectivity index (χ0) is 13.9. The molecule has 1 aromatic carbocycles. The predicted octanol–water partition coefficient (Wildman–Crippen LogP) is 2.58. The van der Waals surface area contributed by atoms with Gasteiger partial charge < -0.3 is 15.4 Å². The molecule has 104 valence electrons. The summed E-state index contributed by atoms with van der Waals surface area (Å²) in [5.74, 6) is 0.952. The quantitative estimate of drug-likeness (QED) is 0.778. The molecule has 2 N–H and O–H groups in total. The molecule has 0 aromatic heterocycles. The highest BCUT2D eigenvalue weighted by Gasteiger charge is 2.43. The number of hydrogen-bond donors (Lipinski definition) is 1. The van der Waals surface area contributed by atoms with Gasteiger partial charge >= 0.3 is 0 Å². The van der Waals surface area contributed by atoms with E-state index in [1.165, 1.54) is 18.4 Å². The summed E-state index contributed by atoms with van der Waals surface area (Å²) in [6.45, 7) is 1.94. The number of nitrogens with zero attached hydrogens (tertiary/aromatic N) is 1. The third-order valence-electron chi connectivity index (χ3n) is 3.74. The zero-order valence-corrected chi connectivity index (χ0v) is 12.5. The molecule has 0 unspecified atom stereocenters. The van der Waals surface area contributed by atoms with Crippen LogP contribution in [-0.4, -0.2) is 30.6 Å². The fraction of sp³-hybridized carbons (Fsp3) is 0.533. The fourth-order valence-electron chi connectivity index (χ4n) is 2.69. The highest BCUT2D eigenvalue weighted by atomic mass is 32.1. The lowest BCUT2D eigenvalue weighted by Crippen LogP contribution is -2.29. The fourth-order valence-corrected chi connectivity index (χ4v) is 3.00. The van der Waals surface area contributed by atoms with Crippen molar-refractivity contribution in [3.05, 3.63) is 29.8 Å². The maximum Gasteiger partial charge on any atom is 0.123 e. The van der Waals surface area contributed by atoms with Crippen molar-refractivity contribution in [1.29, 1.82) is 0 Å². The highest BCUT2D eigenvalue weighted by molar-refractivity contribution is 7.80. The van der Waals surface area contributed by atoms with Crippen LogP contribution in [0.1, 0.15) is 24.8 Å². The Kier molecular flexibility index (Phi) is 4.42. The number of ether oxygens (including phenoxy) is 1. The Labute approximate surface area is 120 Å². The molecule has 1 aromatic rings. The molecule has 3 nitrogen and oxygen atoms in total. The summed E-state index contributed by atoms with van der Waals surface area (Å²) in [4.78, 5) is 2.98. The number of nitrogens with two attached hydrogens (primary N) is 1. The first-order chi connectivity index (χ1) is 9.04. The van der Waals surface area contributed by atoms with Gasteiger partial charge in [0, 0.05) is 25.1 Å². The van der Waals surface area contributed by atoms with E-state index in [1.54, 1.807) is 7.11 Å².